The van der Waals surface area contributed by atoms with Crippen molar-refractivity contribution in [2.45, 2.75) is 200 Å². The number of hydrogen-bond donors (Lipinski definition) is 2. The summed E-state index contributed by atoms with van der Waals surface area (Å²) in [6, 6.07) is 0. The van der Waals surface area contributed by atoms with Crippen LogP contribution in [0.1, 0.15) is 194 Å². The van der Waals surface area contributed by atoms with Gasteiger partial charge in [0, 0.05) is 12.8 Å². The molecule has 292 valence electrons. The van der Waals surface area contributed by atoms with Crippen LogP contribution in [0.2, 0.25) is 0 Å². The second-order valence-corrected chi connectivity index (χ2v) is 14.8. The summed E-state index contributed by atoms with van der Waals surface area (Å²) in [6.07, 6.45) is 43.1. The summed E-state index contributed by atoms with van der Waals surface area (Å²) in [5, 5.41) is 0. The number of phosphoric ester groups is 1. The molecule has 1 atom stereocenters. The van der Waals surface area contributed by atoms with Gasteiger partial charge in [-0.15, -0.1) is 0 Å². The molecule has 0 aromatic carbocycles. The maximum absolute atomic E-state index is 12.3. The van der Waals surface area contributed by atoms with Gasteiger partial charge in [-0.2, -0.15) is 0 Å². The number of rotatable bonds is 37. The van der Waals surface area contributed by atoms with E-state index in [1.54, 1.807) is 0 Å². The quantitative estimate of drug-likeness (QED) is 0.0281. The summed E-state index contributed by atoms with van der Waals surface area (Å²) >= 11 is 0. The van der Waals surface area contributed by atoms with Gasteiger partial charge in [-0.25, -0.2) is 4.57 Å². The molecule has 0 aromatic heterocycles. The normalized spacial score (nSPS) is 12.8. The minimum absolute atomic E-state index is 0.106. The second-order valence-electron chi connectivity index (χ2n) is 13.6. The topological polar surface area (TPSA) is 119 Å². The molecule has 0 saturated carbocycles. The SMILES string of the molecule is CCCCCCCC/C=C/C/C=C/CCC(=O)OC(COC(=O)CCCCCCCCC/C=C/CCCCCCCCCC)COP(=O)(O)O. The van der Waals surface area contributed by atoms with Gasteiger partial charge in [0.2, 0.25) is 0 Å². The molecule has 2 N–H and O–H groups in total. The van der Waals surface area contributed by atoms with E-state index in [1.807, 2.05) is 12.2 Å². The van der Waals surface area contributed by atoms with Crippen LogP contribution in [0.4, 0.5) is 0 Å². The third-order valence-corrected chi connectivity index (χ3v) is 9.13. The van der Waals surface area contributed by atoms with Crippen molar-refractivity contribution in [2.24, 2.45) is 0 Å². The first-order valence-electron chi connectivity index (χ1n) is 20.3. The summed E-state index contributed by atoms with van der Waals surface area (Å²) in [6.45, 7) is 3.62. The highest BCUT2D eigenvalue weighted by molar-refractivity contribution is 7.46. The molecule has 0 rings (SSSR count). The Morgan fingerprint density at radius 2 is 0.940 bits per heavy atom. The fourth-order valence-electron chi connectivity index (χ4n) is 5.60. The zero-order chi connectivity index (χ0) is 36.8. The van der Waals surface area contributed by atoms with Crippen molar-refractivity contribution >= 4 is 19.8 Å². The highest BCUT2D eigenvalue weighted by Gasteiger charge is 2.22. The van der Waals surface area contributed by atoms with Crippen LogP contribution in [0.3, 0.4) is 0 Å². The van der Waals surface area contributed by atoms with Crippen LogP contribution in [0.5, 0.6) is 0 Å². The van der Waals surface area contributed by atoms with Crippen LogP contribution in [-0.4, -0.2) is 41.0 Å². The molecule has 1 unspecified atom stereocenters. The largest absolute Gasteiger partial charge is 0.469 e. The Labute approximate surface area is 306 Å². The number of allylic oxidation sites excluding steroid dienone is 6. The minimum atomic E-state index is -4.76. The molecule has 9 heteroatoms. The van der Waals surface area contributed by atoms with E-state index in [0.29, 0.717) is 12.8 Å². The molecule has 0 aliphatic carbocycles. The van der Waals surface area contributed by atoms with Crippen molar-refractivity contribution in [3.63, 3.8) is 0 Å². The molecule has 0 bridgehead atoms. The van der Waals surface area contributed by atoms with E-state index in [0.717, 1.165) is 38.5 Å². The monoisotopic (exact) mass is 727 g/mol. The van der Waals surface area contributed by atoms with E-state index < -0.39 is 32.5 Å². The number of ether oxygens (including phenoxy) is 2. The van der Waals surface area contributed by atoms with E-state index >= 15 is 0 Å². The van der Waals surface area contributed by atoms with Crippen LogP contribution in [0.25, 0.3) is 0 Å². The standard InChI is InChI=1S/C41H75O8P/c1-3-5-7-9-11-13-15-17-18-19-20-21-22-24-25-27-29-31-33-35-40(42)47-37-39(38-48-50(44,45)46)49-41(43)36-34-32-30-28-26-23-16-14-12-10-8-6-4-2/h19-20,23,26,30,32,39H,3-18,21-22,24-25,27-29,31,33-38H2,1-2H3,(H2,44,45,46)/b20-19+,26-23+,32-30+. The van der Waals surface area contributed by atoms with Gasteiger partial charge >= 0.3 is 19.8 Å². The lowest BCUT2D eigenvalue weighted by molar-refractivity contribution is -0.161. The van der Waals surface area contributed by atoms with Crippen molar-refractivity contribution < 1.29 is 37.9 Å². The summed E-state index contributed by atoms with van der Waals surface area (Å²) in [7, 11) is -4.76. The number of hydrogen-bond acceptors (Lipinski definition) is 6. The molecule has 0 aromatic rings. The lowest BCUT2D eigenvalue weighted by atomic mass is 10.1. The number of carbonyl (C=O) groups is 2. The summed E-state index contributed by atoms with van der Waals surface area (Å²) in [5.41, 5.74) is 0. The Morgan fingerprint density at radius 1 is 0.520 bits per heavy atom. The Morgan fingerprint density at radius 3 is 1.42 bits per heavy atom. The van der Waals surface area contributed by atoms with Gasteiger partial charge in [0.1, 0.15) is 6.61 Å². The fourth-order valence-corrected chi connectivity index (χ4v) is 5.96. The molecule has 0 fully saturated rings. The van der Waals surface area contributed by atoms with Crippen LogP contribution >= 0.6 is 7.82 Å². The first kappa shape index (κ1) is 48.3. The zero-order valence-electron chi connectivity index (χ0n) is 32.0. The van der Waals surface area contributed by atoms with E-state index in [9.17, 15) is 14.2 Å². The third kappa shape index (κ3) is 39.1. The molecule has 8 nitrogen and oxygen atoms in total. The van der Waals surface area contributed by atoms with Gasteiger partial charge in [0.25, 0.3) is 0 Å². The predicted molar refractivity (Wildman–Crippen MR) is 207 cm³/mol. The molecule has 0 saturated heterocycles. The molecular formula is C41H75O8P. The van der Waals surface area contributed by atoms with Gasteiger partial charge in [-0.1, -0.05) is 159 Å². The number of phosphoric acid groups is 1. The summed E-state index contributed by atoms with van der Waals surface area (Å²) in [4.78, 5) is 42.7. The summed E-state index contributed by atoms with van der Waals surface area (Å²) in [5.74, 6) is -0.966. The van der Waals surface area contributed by atoms with Crippen LogP contribution in [0.15, 0.2) is 36.5 Å². The van der Waals surface area contributed by atoms with E-state index in [1.165, 1.54) is 116 Å². The van der Waals surface area contributed by atoms with Gasteiger partial charge in [0.05, 0.1) is 6.61 Å². The fraction of sp³-hybridized carbons (Fsp3) is 0.805. The second kappa shape index (κ2) is 37.0. The van der Waals surface area contributed by atoms with Gasteiger partial charge < -0.3 is 19.3 Å². The number of carbonyl (C=O) groups excluding carboxylic acids is 2. The first-order chi connectivity index (χ1) is 24.3. The maximum atomic E-state index is 12.3. The number of unbranched alkanes of at least 4 members (excludes halogenated alkanes) is 21. The average molecular weight is 727 g/mol. The van der Waals surface area contributed by atoms with Crippen molar-refractivity contribution in [3.8, 4) is 0 Å². The highest BCUT2D eigenvalue weighted by Crippen LogP contribution is 2.36. The molecule has 0 spiro atoms. The molecular weight excluding hydrogens is 651 g/mol. The Hall–Kier alpha value is -1.73. The number of esters is 2. The lowest BCUT2D eigenvalue weighted by Crippen LogP contribution is -2.29. The smallest absolute Gasteiger partial charge is 0.462 e. The average Bonchev–Trinajstić information content (AvgIpc) is 3.08. The Bertz CT molecular complexity index is 910. The first-order valence-corrected chi connectivity index (χ1v) is 21.8. The maximum Gasteiger partial charge on any atom is 0.469 e. The van der Waals surface area contributed by atoms with Gasteiger partial charge in [-0.3, -0.25) is 14.1 Å². The lowest BCUT2D eigenvalue weighted by Gasteiger charge is -2.18. The van der Waals surface area contributed by atoms with E-state index in [4.69, 9.17) is 19.3 Å². The predicted octanol–water partition coefficient (Wildman–Crippen LogP) is 12.2. The third-order valence-electron chi connectivity index (χ3n) is 8.64. The molecule has 0 aliphatic rings. The van der Waals surface area contributed by atoms with Gasteiger partial charge in [-0.05, 0) is 57.8 Å². The zero-order valence-corrected chi connectivity index (χ0v) is 32.9. The molecule has 0 amide bonds. The van der Waals surface area contributed by atoms with Crippen LogP contribution < -0.4 is 0 Å². The van der Waals surface area contributed by atoms with E-state index in [-0.39, 0.29) is 19.4 Å². The minimum Gasteiger partial charge on any atom is -0.462 e. The molecule has 0 heterocycles. The Balaban J connectivity index is 3.96. The van der Waals surface area contributed by atoms with Crippen molar-refractivity contribution in [2.75, 3.05) is 13.2 Å². The van der Waals surface area contributed by atoms with Crippen molar-refractivity contribution in [1.29, 1.82) is 0 Å². The van der Waals surface area contributed by atoms with Crippen LogP contribution in [-0.2, 0) is 28.2 Å². The molecule has 0 radical (unpaired) electrons. The van der Waals surface area contributed by atoms with Crippen molar-refractivity contribution in [3.05, 3.63) is 36.5 Å². The highest BCUT2D eigenvalue weighted by atomic mass is 31.2. The molecule has 0 aliphatic heterocycles. The van der Waals surface area contributed by atoms with Gasteiger partial charge in [0.15, 0.2) is 6.10 Å². The van der Waals surface area contributed by atoms with E-state index in [2.05, 4.69) is 42.7 Å². The summed E-state index contributed by atoms with van der Waals surface area (Å²) < 4.78 is 26.3. The van der Waals surface area contributed by atoms with Crippen molar-refractivity contribution in [1.82, 2.24) is 0 Å². The Kier molecular flexibility index (Phi) is 35.8. The molecule has 50 heavy (non-hydrogen) atoms. The van der Waals surface area contributed by atoms with Crippen LogP contribution in [0, 0.1) is 0 Å².